The van der Waals surface area contributed by atoms with Crippen LogP contribution in [0.5, 0.6) is 0 Å². The van der Waals surface area contributed by atoms with Crippen LogP contribution in [0.3, 0.4) is 0 Å². The number of thioether (sulfide) groups is 1. The van der Waals surface area contributed by atoms with Crippen LogP contribution >= 0.6 is 35.7 Å². The van der Waals surface area contributed by atoms with Gasteiger partial charge in [0.15, 0.2) is 5.96 Å². The molecule has 23 heavy (non-hydrogen) atoms. The van der Waals surface area contributed by atoms with Gasteiger partial charge in [0.05, 0.1) is 6.54 Å². The molecule has 0 aliphatic carbocycles. The van der Waals surface area contributed by atoms with E-state index in [1.807, 2.05) is 0 Å². The number of hydrogen-bond acceptors (Lipinski definition) is 3. The second-order valence-electron chi connectivity index (χ2n) is 6.56. The van der Waals surface area contributed by atoms with Crippen molar-refractivity contribution in [3.05, 3.63) is 0 Å². The number of rotatable bonds is 9. The van der Waals surface area contributed by atoms with Gasteiger partial charge in [-0.1, -0.05) is 0 Å². The molecule has 1 aliphatic rings. The first-order valence-corrected chi connectivity index (χ1v) is 9.99. The standard InChI is InChI=1S/C17H36N4S.HI/c1-6-18-17(20-13-16-9-7-12-22-16)19-10-8-11-21(14(2)3)15(4)5;/h14-16H,6-13H2,1-5H3,(H2,18,19,20);1H. The van der Waals surface area contributed by atoms with Crippen molar-refractivity contribution in [2.45, 2.75) is 71.2 Å². The van der Waals surface area contributed by atoms with Crippen molar-refractivity contribution in [1.29, 1.82) is 0 Å². The summed E-state index contributed by atoms with van der Waals surface area (Å²) in [5.41, 5.74) is 0. The first-order valence-electron chi connectivity index (χ1n) is 8.94. The molecule has 0 aromatic rings. The highest BCUT2D eigenvalue weighted by atomic mass is 127. The van der Waals surface area contributed by atoms with Gasteiger partial charge in [-0.15, -0.1) is 24.0 Å². The van der Waals surface area contributed by atoms with Crippen molar-refractivity contribution in [1.82, 2.24) is 15.5 Å². The van der Waals surface area contributed by atoms with Gasteiger partial charge in [-0.25, -0.2) is 0 Å². The van der Waals surface area contributed by atoms with E-state index < -0.39 is 0 Å². The average Bonchev–Trinajstić information content (AvgIpc) is 2.96. The summed E-state index contributed by atoms with van der Waals surface area (Å²) < 4.78 is 0. The lowest BCUT2D eigenvalue weighted by molar-refractivity contribution is 0.173. The van der Waals surface area contributed by atoms with Gasteiger partial charge in [0, 0.05) is 37.0 Å². The van der Waals surface area contributed by atoms with Crippen molar-refractivity contribution in [2.75, 3.05) is 31.9 Å². The Bertz CT molecular complexity index is 310. The molecule has 1 rings (SSSR count). The normalized spacial score (nSPS) is 18.6. The molecule has 0 spiro atoms. The predicted molar refractivity (Wildman–Crippen MR) is 116 cm³/mol. The number of aliphatic imine (C=N–C) groups is 1. The maximum atomic E-state index is 4.74. The molecule has 1 atom stereocenters. The highest BCUT2D eigenvalue weighted by Crippen LogP contribution is 2.25. The Hall–Kier alpha value is 0.310. The molecule has 1 fully saturated rings. The Labute approximate surface area is 165 Å². The summed E-state index contributed by atoms with van der Waals surface area (Å²) >= 11 is 2.07. The number of halogens is 1. The van der Waals surface area contributed by atoms with Crippen molar-refractivity contribution in [3.63, 3.8) is 0 Å². The lowest BCUT2D eigenvalue weighted by atomic mass is 10.2. The Morgan fingerprint density at radius 3 is 2.43 bits per heavy atom. The molecule has 0 amide bonds. The van der Waals surface area contributed by atoms with E-state index in [9.17, 15) is 0 Å². The quantitative estimate of drug-likeness (QED) is 0.241. The number of hydrogen-bond donors (Lipinski definition) is 2. The molecular weight excluding hydrogens is 419 g/mol. The molecule has 1 saturated heterocycles. The fourth-order valence-electron chi connectivity index (χ4n) is 2.90. The molecule has 2 N–H and O–H groups in total. The summed E-state index contributed by atoms with van der Waals surface area (Å²) in [6.45, 7) is 15.2. The summed E-state index contributed by atoms with van der Waals surface area (Å²) in [7, 11) is 0. The zero-order valence-electron chi connectivity index (χ0n) is 15.6. The molecule has 1 aliphatic heterocycles. The van der Waals surface area contributed by atoms with E-state index in [1.165, 1.54) is 18.6 Å². The smallest absolute Gasteiger partial charge is 0.191 e. The van der Waals surface area contributed by atoms with Crippen LogP contribution in [-0.2, 0) is 0 Å². The maximum absolute atomic E-state index is 4.74. The Morgan fingerprint density at radius 1 is 1.22 bits per heavy atom. The fourth-order valence-corrected chi connectivity index (χ4v) is 4.08. The predicted octanol–water partition coefficient (Wildman–Crippen LogP) is 3.56. The van der Waals surface area contributed by atoms with Crippen molar-refractivity contribution in [3.8, 4) is 0 Å². The van der Waals surface area contributed by atoms with Gasteiger partial charge < -0.3 is 10.6 Å². The van der Waals surface area contributed by atoms with Gasteiger partial charge in [-0.2, -0.15) is 11.8 Å². The van der Waals surface area contributed by atoms with Crippen LogP contribution in [0.2, 0.25) is 0 Å². The summed E-state index contributed by atoms with van der Waals surface area (Å²) in [4.78, 5) is 7.28. The zero-order valence-corrected chi connectivity index (χ0v) is 18.7. The summed E-state index contributed by atoms with van der Waals surface area (Å²) in [6, 6.07) is 1.22. The highest BCUT2D eigenvalue weighted by molar-refractivity contribution is 14.0. The van der Waals surface area contributed by atoms with Gasteiger partial charge in [-0.3, -0.25) is 9.89 Å². The van der Waals surface area contributed by atoms with Crippen LogP contribution in [0.4, 0.5) is 0 Å². The van der Waals surface area contributed by atoms with Crippen LogP contribution in [0, 0.1) is 0 Å². The molecule has 1 heterocycles. The third-order valence-electron chi connectivity index (χ3n) is 4.03. The van der Waals surface area contributed by atoms with Crippen molar-refractivity contribution >= 4 is 41.7 Å². The molecule has 0 radical (unpaired) electrons. The molecule has 0 saturated carbocycles. The van der Waals surface area contributed by atoms with Crippen LogP contribution < -0.4 is 10.6 Å². The molecule has 138 valence electrons. The average molecular weight is 456 g/mol. The topological polar surface area (TPSA) is 39.7 Å². The monoisotopic (exact) mass is 456 g/mol. The van der Waals surface area contributed by atoms with Gasteiger partial charge in [0.2, 0.25) is 0 Å². The van der Waals surface area contributed by atoms with Gasteiger partial charge in [0.1, 0.15) is 0 Å². The van der Waals surface area contributed by atoms with E-state index >= 15 is 0 Å². The molecule has 1 unspecified atom stereocenters. The summed E-state index contributed by atoms with van der Waals surface area (Å²) in [6.07, 6.45) is 3.83. The third-order valence-corrected chi connectivity index (χ3v) is 5.41. The van der Waals surface area contributed by atoms with E-state index in [-0.39, 0.29) is 24.0 Å². The molecule has 4 nitrogen and oxygen atoms in total. The minimum absolute atomic E-state index is 0. The number of guanidine groups is 1. The Kier molecular flexibility index (Phi) is 13.8. The van der Waals surface area contributed by atoms with Crippen molar-refractivity contribution in [2.24, 2.45) is 4.99 Å². The first kappa shape index (κ1) is 23.3. The Balaban J connectivity index is 0.00000484. The van der Waals surface area contributed by atoms with Crippen LogP contribution in [-0.4, -0.2) is 60.1 Å². The molecule has 6 heteroatoms. The van der Waals surface area contributed by atoms with Crippen molar-refractivity contribution < 1.29 is 0 Å². The van der Waals surface area contributed by atoms with Crippen LogP contribution in [0.15, 0.2) is 4.99 Å². The largest absolute Gasteiger partial charge is 0.357 e. The summed E-state index contributed by atoms with van der Waals surface area (Å²) in [5, 5.41) is 7.57. The molecule has 0 bridgehead atoms. The zero-order chi connectivity index (χ0) is 16.4. The molecule has 0 aromatic heterocycles. The van der Waals surface area contributed by atoms with Gasteiger partial charge in [0.25, 0.3) is 0 Å². The van der Waals surface area contributed by atoms with Gasteiger partial charge in [-0.05, 0) is 59.6 Å². The first-order chi connectivity index (χ1) is 10.5. The van der Waals surface area contributed by atoms with E-state index in [1.54, 1.807) is 0 Å². The van der Waals surface area contributed by atoms with Gasteiger partial charge >= 0.3 is 0 Å². The van der Waals surface area contributed by atoms with E-state index in [4.69, 9.17) is 4.99 Å². The van der Waals surface area contributed by atoms with E-state index in [2.05, 4.69) is 61.9 Å². The minimum Gasteiger partial charge on any atom is -0.357 e. The van der Waals surface area contributed by atoms with Crippen LogP contribution in [0.1, 0.15) is 53.9 Å². The highest BCUT2D eigenvalue weighted by Gasteiger charge is 2.15. The third kappa shape index (κ3) is 10.0. The maximum Gasteiger partial charge on any atom is 0.191 e. The lowest BCUT2D eigenvalue weighted by Gasteiger charge is -2.30. The lowest BCUT2D eigenvalue weighted by Crippen LogP contribution is -2.41. The van der Waals surface area contributed by atoms with E-state index in [0.717, 1.165) is 43.8 Å². The van der Waals surface area contributed by atoms with Crippen LogP contribution in [0.25, 0.3) is 0 Å². The SMILES string of the molecule is CCNC(=NCC1CCCS1)NCCCN(C(C)C)C(C)C.I. The second-order valence-corrected chi connectivity index (χ2v) is 7.97. The minimum atomic E-state index is 0. The second kappa shape index (κ2) is 13.6. The fraction of sp³-hybridized carbons (Fsp3) is 0.941. The molecule has 0 aromatic carbocycles. The number of nitrogens with zero attached hydrogens (tertiary/aromatic N) is 2. The van der Waals surface area contributed by atoms with E-state index in [0.29, 0.717) is 12.1 Å². The number of nitrogens with one attached hydrogen (secondary N) is 2. The Morgan fingerprint density at radius 2 is 1.91 bits per heavy atom. The molecular formula is C17H37IN4S. The summed E-state index contributed by atoms with van der Waals surface area (Å²) in [5.74, 6) is 2.29.